The third kappa shape index (κ3) is 4.64. The second-order valence-corrected chi connectivity index (χ2v) is 5.56. The number of rotatable bonds is 6. The van der Waals surface area contributed by atoms with Crippen molar-refractivity contribution in [2.45, 2.75) is 19.8 Å². The number of likely N-dealkylation sites (N-methyl/N-ethyl adjacent to an activating group) is 1. The minimum atomic E-state index is -0.605. The summed E-state index contributed by atoms with van der Waals surface area (Å²) in [6, 6.07) is 2.27. The van der Waals surface area contributed by atoms with Gasteiger partial charge in [-0.05, 0) is 39.4 Å². The summed E-state index contributed by atoms with van der Waals surface area (Å²) < 4.78 is 32.4. The highest BCUT2D eigenvalue weighted by molar-refractivity contribution is 5.35. The van der Waals surface area contributed by atoms with Crippen molar-refractivity contribution in [1.82, 2.24) is 9.80 Å². The van der Waals surface area contributed by atoms with Crippen molar-refractivity contribution in [2.24, 2.45) is 0 Å². The largest absolute Gasteiger partial charge is 0.491 e. The Morgan fingerprint density at radius 2 is 1.86 bits per heavy atom. The van der Waals surface area contributed by atoms with E-state index in [1.807, 2.05) is 0 Å². The predicted octanol–water partition coefficient (Wildman–Crippen LogP) is 2.54. The van der Waals surface area contributed by atoms with Gasteiger partial charge in [0.05, 0.1) is 6.61 Å². The first kappa shape index (κ1) is 16.2. The van der Waals surface area contributed by atoms with Crippen LogP contribution in [0.2, 0.25) is 0 Å². The van der Waals surface area contributed by atoms with Crippen molar-refractivity contribution in [3.8, 4) is 5.75 Å². The normalized spacial score (nSPS) is 17.1. The van der Waals surface area contributed by atoms with Gasteiger partial charge in [-0.1, -0.05) is 0 Å². The molecule has 5 heteroatoms. The van der Waals surface area contributed by atoms with Crippen LogP contribution in [0.1, 0.15) is 18.9 Å². The van der Waals surface area contributed by atoms with Gasteiger partial charge in [0.1, 0.15) is 5.82 Å². The van der Waals surface area contributed by atoms with E-state index >= 15 is 0 Å². The summed E-state index contributed by atoms with van der Waals surface area (Å²) in [5.74, 6) is -0.936. The van der Waals surface area contributed by atoms with E-state index in [2.05, 4.69) is 16.8 Å². The highest BCUT2D eigenvalue weighted by atomic mass is 19.1. The zero-order valence-corrected chi connectivity index (χ0v) is 12.9. The van der Waals surface area contributed by atoms with Gasteiger partial charge in [-0.15, -0.1) is 0 Å². The molecule has 0 aromatic heterocycles. The van der Waals surface area contributed by atoms with Gasteiger partial charge in [0.25, 0.3) is 0 Å². The molecule has 0 aliphatic carbocycles. The van der Waals surface area contributed by atoms with Gasteiger partial charge in [-0.2, -0.15) is 0 Å². The smallest absolute Gasteiger partial charge is 0.168 e. The van der Waals surface area contributed by atoms with Crippen molar-refractivity contribution in [3.05, 3.63) is 29.3 Å². The minimum absolute atomic E-state index is 0.206. The summed E-state index contributed by atoms with van der Waals surface area (Å²) in [5.41, 5.74) is 0.628. The minimum Gasteiger partial charge on any atom is -0.491 e. The van der Waals surface area contributed by atoms with Crippen LogP contribution in [0, 0.1) is 11.6 Å². The van der Waals surface area contributed by atoms with Crippen LogP contribution < -0.4 is 4.74 Å². The van der Waals surface area contributed by atoms with Gasteiger partial charge in [0.15, 0.2) is 11.6 Å². The first-order chi connectivity index (χ1) is 10.1. The zero-order chi connectivity index (χ0) is 15.2. The topological polar surface area (TPSA) is 15.7 Å². The molecule has 21 heavy (non-hydrogen) atoms. The van der Waals surface area contributed by atoms with E-state index in [1.165, 1.54) is 6.07 Å². The van der Waals surface area contributed by atoms with Crippen molar-refractivity contribution < 1.29 is 13.5 Å². The molecule has 0 radical (unpaired) electrons. The Labute approximate surface area is 125 Å². The second-order valence-electron chi connectivity index (χ2n) is 5.56. The highest BCUT2D eigenvalue weighted by Crippen LogP contribution is 2.25. The molecule has 2 rings (SSSR count). The van der Waals surface area contributed by atoms with Crippen LogP contribution in [0.4, 0.5) is 8.78 Å². The van der Waals surface area contributed by atoms with E-state index < -0.39 is 11.6 Å². The van der Waals surface area contributed by atoms with Crippen LogP contribution >= 0.6 is 0 Å². The molecule has 118 valence electrons. The number of nitrogens with zero attached hydrogens (tertiary/aromatic N) is 2. The first-order valence-electron chi connectivity index (χ1n) is 7.61. The predicted molar refractivity (Wildman–Crippen MR) is 79.8 cm³/mol. The molecule has 0 amide bonds. The lowest BCUT2D eigenvalue weighted by Gasteiger charge is -2.32. The van der Waals surface area contributed by atoms with E-state index in [9.17, 15) is 8.78 Å². The van der Waals surface area contributed by atoms with Crippen LogP contribution in [0.5, 0.6) is 5.75 Å². The fourth-order valence-corrected chi connectivity index (χ4v) is 2.67. The van der Waals surface area contributed by atoms with Crippen LogP contribution in [-0.4, -0.2) is 56.2 Å². The third-order valence-electron chi connectivity index (χ3n) is 3.89. The van der Waals surface area contributed by atoms with E-state index in [0.29, 0.717) is 18.6 Å². The Hall–Kier alpha value is -1.20. The maximum absolute atomic E-state index is 13.7. The standard InChI is InChI=1S/C16H24F2N2O/c1-3-21-16-13(11-14(17)12-15(16)18)5-4-6-20-9-7-19(2)8-10-20/h11-12H,3-10H2,1-2H3. The third-order valence-corrected chi connectivity index (χ3v) is 3.89. The molecule has 1 aliphatic heterocycles. The summed E-state index contributed by atoms with van der Waals surface area (Å²) in [4.78, 5) is 4.71. The molecular formula is C16H24F2N2O. The van der Waals surface area contributed by atoms with E-state index in [0.717, 1.165) is 45.2 Å². The average molecular weight is 298 g/mol. The summed E-state index contributed by atoms with van der Waals surface area (Å²) in [6.07, 6.45) is 1.52. The average Bonchev–Trinajstić information content (AvgIpc) is 2.44. The Bertz CT molecular complexity index is 460. The molecule has 0 spiro atoms. The van der Waals surface area contributed by atoms with Gasteiger partial charge < -0.3 is 14.5 Å². The maximum Gasteiger partial charge on any atom is 0.168 e. The Kier molecular flexibility index (Phi) is 5.94. The highest BCUT2D eigenvalue weighted by Gasteiger charge is 2.15. The Balaban J connectivity index is 1.90. The molecule has 0 saturated carbocycles. The van der Waals surface area contributed by atoms with Crippen molar-refractivity contribution in [1.29, 1.82) is 0 Å². The number of ether oxygens (including phenoxy) is 1. The summed E-state index contributed by atoms with van der Waals surface area (Å²) in [7, 11) is 2.13. The Morgan fingerprint density at radius 1 is 1.14 bits per heavy atom. The number of hydrogen-bond acceptors (Lipinski definition) is 3. The number of hydrogen-bond donors (Lipinski definition) is 0. The number of aryl methyl sites for hydroxylation is 1. The molecule has 1 saturated heterocycles. The summed E-state index contributed by atoms with van der Waals surface area (Å²) in [5, 5.41) is 0. The van der Waals surface area contributed by atoms with E-state index in [-0.39, 0.29) is 5.75 Å². The monoisotopic (exact) mass is 298 g/mol. The van der Waals surface area contributed by atoms with E-state index in [4.69, 9.17) is 4.74 Å². The lowest BCUT2D eigenvalue weighted by atomic mass is 10.1. The van der Waals surface area contributed by atoms with Gasteiger partial charge in [0, 0.05) is 37.8 Å². The van der Waals surface area contributed by atoms with Gasteiger partial charge in [-0.3, -0.25) is 0 Å². The van der Waals surface area contributed by atoms with Gasteiger partial charge in [0.2, 0.25) is 0 Å². The lowest BCUT2D eigenvalue weighted by Crippen LogP contribution is -2.44. The molecule has 1 aromatic carbocycles. The van der Waals surface area contributed by atoms with Crippen LogP contribution in [0.3, 0.4) is 0 Å². The van der Waals surface area contributed by atoms with Gasteiger partial charge >= 0.3 is 0 Å². The molecule has 0 bridgehead atoms. The summed E-state index contributed by atoms with van der Waals surface area (Å²) in [6.45, 7) is 7.43. The molecule has 0 N–H and O–H groups in total. The molecular weight excluding hydrogens is 274 g/mol. The fourth-order valence-electron chi connectivity index (χ4n) is 2.67. The quantitative estimate of drug-likeness (QED) is 0.803. The van der Waals surface area contributed by atoms with Crippen molar-refractivity contribution >= 4 is 0 Å². The lowest BCUT2D eigenvalue weighted by molar-refractivity contribution is 0.153. The van der Waals surface area contributed by atoms with Gasteiger partial charge in [-0.25, -0.2) is 8.78 Å². The molecule has 0 unspecified atom stereocenters. The van der Waals surface area contributed by atoms with Crippen LogP contribution in [0.15, 0.2) is 12.1 Å². The SMILES string of the molecule is CCOc1c(F)cc(F)cc1CCCN1CCN(C)CC1. The number of piperazine rings is 1. The molecule has 1 heterocycles. The number of benzene rings is 1. The van der Waals surface area contributed by atoms with E-state index in [1.54, 1.807) is 6.92 Å². The first-order valence-corrected chi connectivity index (χ1v) is 7.61. The fraction of sp³-hybridized carbons (Fsp3) is 0.625. The molecule has 1 fully saturated rings. The van der Waals surface area contributed by atoms with Crippen LogP contribution in [-0.2, 0) is 6.42 Å². The molecule has 1 aromatic rings. The maximum atomic E-state index is 13.7. The number of halogens is 2. The molecule has 0 atom stereocenters. The van der Waals surface area contributed by atoms with Crippen LogP contribution in [0.25, 0.3) is 0 Å². The molecule has 3 nitrogen and oxygen atoms in total. The summed E-state index contributed by atoms with van der Waals surface area (Å²) >= 11 is 0. The molecule has 1 aliphatic rings. The zero-order valence-electron chi connectivity index (χ0n) is 12.9. The van der Waals surface area contributed by atoms with Crippen molar-refractivity contribution in [3.63, 3.8) is 0 Å². The second kappa shape index (κ2) is 7.71. The van der Waals surface area contributed by atoms with Crippen molar-refractivity contribution in [2.75, 3.05) is 46.4 Å². The Morgan fingerprint density at radius 3 is 2.52 bits per heavy atom.